The van der Waals surface area contributed by atoms with Gasteiger partial charge in [-0.2, -0.15) is 4.73 Å². The van der Waals surface area contributed by atoms with Crippen LogP contribution in [0.2, 0.25) is 0 Å². The fraction of sp³-hybridized carbons (Fsp3) is 0.286. The summed E-state index contributed by atoms with van der Waals surface area (Å²) < 4.78 is 0.935. The van der Waals surface area contributed by atoms with E-state index in [1.807, 2.05) is 6.92 Å². The number of nitrogens with zero attached hydrogens (tertiary/aromatic N) is 4. The van der Waals surface area contributed by atoms with E-state index in [-0.39, 0.29) is 0 Å². The molecule has 0 aliphatic carbocycles. The molecule has 2 rings (SSSR count). The van der Waals surface area contributed by atoms with Crippen LogP contribution in [0.3, 0.4) is 0 Å². The quantitative estimate of drug-likeness (QED) is 0.581. The number of fused-ring (bicyclic) bond motifs is 1. The highest BCUT2D eigenvalue weighted by atomic mass is 16.5. The maximum atomic E-state index is 9.26. The molecule has 2 aromatic rings. The molecule has 12 heavy (non-hydrogen) atoms. The molecule has 0 aliphatic rings. The average molecular weight is 164 g/mol. The minimum atomic E-state index is 0.530. The van der Waals surface area contributed by atoms with Gasteiger partial charge in [-0.3, -0.25) is 0 Å². The van der Waals surface area contributed by atoms with Crippen molar-refractivity contribution in [3.05, 3.63) is 17.8 Å². The van der Waals surface area contributed by atoms with Gasteiger partial charge in [-0.05, 0) is 13.8 Å². The number of aromatic nitrogens is 4. The Balaban J connectivity index is 2.93. The Morgan fingerprint density at radius 3 is 2.83 bits per heavy atom. The molecular weight excluding hydrogens is 156 g/mol. The fourth-order valence-corrected chi connectivity index (χ4v) is 1.21. The number of hydrogen-bond donors (Lipinski definition) is 1. The molecule has 0 aliphatic heterocycles. The molecule has 5 heteroatoms. The van der Waals surface area contributed by atoms with E-state index in [0.29, 0.717) is 17.0 Å². The zero-order valence-corrected chi connectivity index (χ0v) is 6.81. The molecule has 0 saturated heterocycles. The van der Waals surface area contributed by atoms with Crippen LogP contribution in [0.5, 0.6) is 0 Å². The first-order valence-electron chi connectivity index (χ1n) is 3.56. The summed E-state index contributed by atoms with van der Waals surface area (Å²) in [6.07, 6.45) is 1.31. The first kappa shape index (κ1) is 7.02. The van der Waals surface area contributed by atoms with Crippen molar-refractivity contribution in [1.82, 2.24) is 19.7 Å². The van der Waals surface area contributed by atoms with Crippen molar-refractivity contribution in [3.63, 3.8) is 0 Å². The van der Waals surface area contributed by atoms with Gasteiger partial charge in [0.25, 0.3) is 0 Å². The van der Waals surface area contributed by atoms with Crippen LogP contribution in [0.15, 0.2) is 6.33 Å². The normalized spacial score (nSPS) is 10.8. The van der Waals surface area contributed by atoms with Crippen LogP contribution in [0.1, 0.15) is 11.5 Å². The van der Waals surface area contributed by atoms with Crippen molar-refractivity contribution in [1.29, 1.82) is 0 Å². The van der Waals surface area contributed by atoms with Crippen LogP contribution in [0, 0.1) is 13.8 Å². The maximum absolute atomic E-state index is 9.26. The molecule has 0 unspecified atom stereocenters. The van der Waals surface area contributed by atoms with Crippen molar-refractivity contribution in [3.8, 4) is 0 Å². The second-order valence-corrected chi connectivity index (χ2v) is 2.62. The summed E-state index contributed by atoms with van der Waals surface area (Å²) in [5, 5.41) is 9.26. The summed E-state index contributed by atoms with van der Waals surface area (Å²) >= 11 is 0. The van der Waals surface area contributed by atoms with Gasteiger partial charge in [0.15, 0.2) is 5.65 Å². The van der Waals surface area contributed by atoms with Gasteiger partial charge in [0.2, 0.25) is 0 Å². The van der Waals surface area contributed by atoms with Crippen molar-refractivity contribution in [2.45, 2.75) is 13.8 Å². The maximum Gasteiger partial charge on any atom is 0.184 e. The average Bonchev–Trinajstić information content (AvgIpc) is 2.31. The lowest BCUT2D eigenvalue weighted by atomic mass is 10.4. The molecule has 5 nitrogen and oxygen atoms in total. The monoisotopic (exact) mass is 164 g/mol. The highest BCUT2D eigenvalue weighted by Gasteiger charge is 2.07. The minimum Gasteiger partial charge on any atom is -0.427 e. The molecular formula is C7H8N4O. The Bertz CT molecular complexity index is 434. The molecule has 1 N–H and O–H groups in total. The van der Waals surface area contributed by atoms with Crippen molar-refractivity contribution < 1.29 is 5.21 Å². The first-order valence-corrected chi connectivity index (χ1v) is 3.56. The SMILES string of the molecule is Cc1nc(C)c2c(ncn2O)n1. The molecule has 0 atom stereocenters. The van der Waals surface area contributed by atoms with Gasteiger partial charge in [-0.25, -0.2) is 15.0 Å². The van der Waals surface area contributed by atoms with E-state index in [1.165, 1.54) is 6.33 Å². The fourth-order valence-electron chi connectivity index (χ4n) is 1.21. The molecule has 62 valence electrons. The third-order valence-corrected chi connectivity index (χ3v) is 1.67. The van der Waals surface area contributed by atoms with Gasteiger partial charge in [0, 0.05) is 0 Å². The van der Waals surface area contributed by atoms with Crippen molar-refractivity contribution in [2.24, 2.45) is 0 Å². The number of imidazole rings is 1. The standard InChI is InChI=1S/C7H8N4O/c1-4-6-7(8-3-11(6)12)10-5(2)9-4/h3,12H,1-2H3. The van der Waals surface area contributed by atoms with E-state index in [4.69, 9.17) is 0 Å². The molecule has 2 aromatic heterocycles. The highest BCUT2D eigenvalue weighted by Crippen LogP contribution is 2.11. The second kappa shape index (κ2) is 2.17. The Morgan fingerprint density at radius 2 is 2.08 bits per heavy atom. The third kappa shape index (κ3) is 0.827. The van der Waals surface area contributed by atoms with Crippen LogP contribution in [0.25, 0.3) is 11.2 Å². The van der Waals surface area contributed by atoms with Gasteiger partial charge >= 0.3 is 0 Å². The topological polar surface area (TPSA) is 63.8 Å². The van der Waals surface area contributed by atoms with Crippen LogP contribution in [-0.2, 0) is 0 Å². The van der Waals surface area contributed by atoms with E-state index in [1.54, 1.807) is 6.92 Å². The molecule has 0 saturated carbocycles. The number of hydrogen-bond acceptors (Lipinski definition) is 4. The molecule has 0 bridgehead atoms. The third-order valence-electron chi connectivity index (χ3n) is 1.67. The van der Waals surface area contributed by atoms with E-state index in [9.17, 15) is 5.21 Å². The van der Waals surface area contributed by atoms with E-state index >= 15 is 0 Å². The predicted molar refractivity (Wildman–Crippen MR) is 42.0 cm³/mol. The molecule has 2 heterocycles. The van der Waals surface area contributed by atoms with Crippen LogP contribution in [0.4, 0.5) is 0 Å². The molecule has 0 spiro atoms. The van der Waals surface area contributed by atoms with Crippen LogP contribution in [-0.4, -0.2) is 24.9 Å². The lowest BCUT2D eigenvalue weighted by Gasteiger charge is -1.97. The van der Waals surface area contributed by atoms with E-state index in [0.717, 1.165) is 10.4 Å². The van der Waals surface area contributed by atoms with Crippen LogP contribution >= 0.6 is 0 Å². The number of aryl methyl sites for hydroxylation is 2. The van der Waals surface area contributed by atoms with E-state index in [2.05, 4.69) is 15.0 Å². The minimum absolute atomic E-state index is 0.530. The summed E-state index contributed by atoms with van der Waals surface area (Å²) in [5.41, 5.74) is 1.83. The highest BCUT2D eigenvalue weighted by molar-refractivity contribution is 5.72. The zero-order valence-electron chi connectivity index (χ0n) is 6.81. The molecule has 0 amide bonds. The molecule has 0 radical (unpaired) electrons. The summed E-state index contributed by atoms with van der Waals surface area (Å²) in [7, 11) is 0. The van der Waals surface area contributed by atoms with Gasteiger partial charge < -0.3 is 5.21 Å². The summed E-state index contributed by atoms with van der Waals surface area (Å²) in [6.45, 7) is 3.61. The molecule has 0 aromatic carbocycles. The Labute approximate surface area is 68.7 Å². The summed E-state index contributed by atoms with van der Waals surface area (Å²) in [4.78, 5) is 12.1. The number of rotatable bonds is 0. The van der Waals surface area contributed by atoms with Gasteiger partial charge in [-0.1, -0.05) is 0 Å². The lowest BCUT2D eigenvalue weighted by molar-refractivity contribution is 0.197. The Hall–Kier alpha value is -1.65. The van der Waals surface area contributed by atoms with Gasteiger partial charge in [0.05, 0.1) is 5.69 Å². The predicted octanol–water partition coefficient (Wildman–Crippen LogP) is 0.680. The first-order chi connectivity index (χ1) is 5.68. The summed E-state index contributed by atoms with van der Waals surface area (Å²) in [6, 6.07) is 0. The summed E-state index contributed by atoms with van der Waals surface area (Å²) in [5.74, 6) is 0.665. The van der Waals surface area contributed by atoms with Crippen LogP contribution < -0.4 is 0 Å². The Morgan fingerprint density at radius 1 is 1.33 bits per heavy atom. The lowest BCUT2D eigenvalue weighted by Crippen LogP contribution is -1.96. The largest absolute Gasteiger partial charge is 0.427 e. The molecule has 0 fully saturated rings. The zero-order chi connectivity index (χ0) is 8.72. The van der Waals surface area contributed by atoms with Crippen molar-refractivity contribution >= 4 is 11.2 Å². The van der Waals surface area contributed by atoms with Crippen molar-refractivity contribution in [2.75, 3.05) is 0 Å². The smallest absolute Gasteiger partial charge is 0.184 e. The van der Waals surface area contributed by atoms with Gasteiger partial charge in [-0.15, -0.1) is 0 Å². The van der Waals surface area contributed by atoms with E-state index < -0.39 is 0 Å². The second-order valence-electron chi connectivity index (χ2n) is 2.62. The van der Waals surface area contributed by atoms with Gasteiger partial charge in [0.1, 0.15) is 17.7 Å². The Kier molecular flexibility index (Phi) is 1.27.